The lowest BCUT2D eigenvalue weighted by Crippen LogP contribution is -2.17. The van der Waals surface area contributed by atoms with E-state index in [2.05, 4.69) is 19.7 Å². The lowest BCUT2D eigenvalue weighted by molar-refractivity contribution is -0.139. The molecule has 0 radical (unpaired) electrons. The van der Waals surface area contributed by atoms with Crippen molar-refractivity contribution in [2.24, 2.45) is 0 Å². The zero-order chi connectivity index (χ0) is 27.5. The first-order valence-corrected chi connectivity index (χ1v) is 11.5. The Balaban J connectivity index is 2.20. The maximum atomic E-state index is 15.1. The largest absolute Gasteiger partial charge is 0.487 e. The second kappa shape index (κ2) is 14.2. The summed E-state index contributed by atoms with van der Waals surface area (Å²) in [4.78, 5) is 11.6. The maximum absolute atomic E-state index is 15.1. The third-order valence-corrected chi connectivity index (χ3v) is 4.83. The maximum Gasteiger partial charge on any atom is 0.333 e. The molecule has 2 aromatic carbocycles. The predicted molar refractivity (Wildman–Crippen MR) is 137 cm³/mol. The molecule has 0 aromatic heterocycles. The zero-order valence-electron chi connectivity index (χ0n) is 21.3. The third-order valence-electron chi connectivity index (χ3n) is 4.83. The van der Waals surface area contributed by atoms with Crippen molar-refractivity contribution in [2.45, 2.75) is 33.4 Å². The Bertz CT molecular complexity index is 1110. The van der Waals surface area contributed by atoms with Gasteiger partial charge in [-0.05, 0) is 55.7 Å². The van der Waals surface area contributed by atoms with Gasteiger partial charge in [-0.3, -0.25) is 0 Å². The Morgan fingerprint density at radius 3 is 2.00 bits per heavy atom. The van der Waals surface area contributed by atoms with Crippen LogP contribution >= 0.6 is 0 Å². The summed E-state index contributed by atoms with van der Waals surface area (Å²) in [6, 6.07) is 9.08. The molecule has 200 valence electrons. The van der Waals surface area contributed by atoms with E-state index in [1.54, 1.807) is 38.1 Å². The fraction of sp³-hybridized carbons (Fsp3) is 0.321. The van der Waals surface area contributed by atoms with E-state index in [9.17, 15) is 15.0 Å². The molecule has 0 aliphatic carbocycles. The predicted octanol–water partition coefficient (Wildman–Crippen LogP) is 4.55. The second-order valence-corrected chi connectivity index (χ2v) is 8.30. The van der Waals surface area contributed by atoms with Crippen LogP contribution in [0.4, 0.5) is 4.39 Å². The molecule has 2 N–H and O–H groups in total. The van der Waals surface area contributed by atoms with Crippen molar-refractivity contribution >= 4 is 5.97 Å². The van der Waals surface area contributed by atoms with Crippen molar-refractivity contribution in [3.05, 3.63) is 78.7 Å². The molecule has 0 aliphatic heterocycles. The van der Waals surface area contributed by atoms with Crippen LogP contribution in [-0.4, -0.2) is 55.2 Å². The molecule has 0 saturated carbocycles. The summed E-state index contributed by atoms with van der Waals surface area (Å²) in [6.45, 7) is 15.5. The number of aliphatic hydroxyl groups excluding tert-OH is 2. The molecule has 8 nitrogen and oxygen atoms in total. The number of benzene rings is 2. The Labute approximate surface area is 216 Å². The molecule has 0 spiro atoms. The van der Waals surface area contributed by atoms with Gasteiger partial charge in [-0.15, -0.1) is 0 Å². The first-order chi connectivity index (χ1) is 17.5. The topological polar surface area (TPSA) is 104 Å². The first kappa shape index (κ1) is 29.6. The Morgan fingerprint density at radius 1 is 0.865 bits per heavy atom. The minimum atomic E-state index is -1.15. The van der Waals surface area contributed by atoms with Crippen LogP contribution in [-0.2, 0) is 14.3 Å². The number of hydrogen-bond acceptors (Lipinski definition) is 8. The third kappa shape index (κ3) is 9.38. The number of halogens is 1. The molecule has 37 heavy (non-hydrogen) atoms. The van der Waals surface area contributed by atoms with E-state index in [0.29, 0.717) is 22.5 Å². The van der Waals surface area contributed by atoms with E-state index in [1.165, 1.54) is 19.1 Å². The molecule has 0 heterocycles. The molecular weight excluding hydrogens is 483 g/mol. The van der Waals surface area contributed by atoms with Gasteiger partial charge < -0.3 is 33.9 Å². The summed E-state index contributed by atoms with van der Waals surface area (Å²) in [5.41, 5.74) is 1.89. The van der Waals surface area contributed by atoms with Crippen molar-refractivity contribution in [2.75, 3.05) is 26.4 Å². The van der Waals surface area contributed by atoms with Crippen molar-refractivity contribution in [1.29, 1.82) is 0 Å². The highest BCUT2D eigenvalue weighted by atomic mass is 19.1. The summed E-state index contributed by atoms with van der Waals surface area (Å²) in [5.74, 6) is -0.430. The molecule has 0 aliphatic rings. The van der Waals surface area contributed by atoms with Gasteiger partial charge in [0.1, 0.15) is 31.4 Å². The number of esters is 1. The van der Waals surface area contributed by atoms with Gasteiger partial charge in [0.2, 0.25) is 6.29 Å². The quantitative estimate of drug-likeness (QED) is 0.117. The van der Waals surface area contributed by atoms with Crippen LogP contribution in [0.15, 0.2) is 72.9 Å². The molecule has 2 unspecified atom stereocenters. The molecule has 0 saturated heterocycles. The van der Waals surface area contributed by atoms with E-state index in [4.69, 9.17) is 23.7 Å². The monoisotopic (exact) mass is 516 g/mol. The smallest absolute Gasteiger partial charge is 0.333 e. The van der Waals surface area contributed by atoms with Gasteiger partial charge in [0.25, 0.3) is 0 Å². The number of carbonyl (C=O) groups is 1. The molecule has 2 aromatic rings. The normalized spacial score (nSPS) is 12.3. The Kier molecular flexibility index (Phi) is 11.3. The van der Waals surface area contributed by atoms with Crippen LogP contribution in [0.25, 0.3) is 11.1 Å². The van der Waals surface area contributed by atoms with E-state index >= 15 is 4.39 Å². The highest BCUT2D eigenvalue weighted by molar-refractivity contribution is 5.86. The van der Waals surface area contributed by atoms with Gasteiger partial charge in [-0.1, -0.05) is 31.9 Å². The van der Waals surface area contributed by atoms with Gasteiger partial charge in [0.05, 0.1) is 6.61 Å². The van der Waals surface area contributed by atoms with Crippen molar-refractivity contribution in [1.82, 2.24) is 0 Å². The molecule has 0 fully saturated rings. The van der Waals surface area contributed by atoms with E-state index in [1.807, 2.05) is 0 Å². The van der Waals surface area contributed by atoms with E-state index < -0.39 is 24.4 Å². The fourth-order valence-electron chi connectivity index (χ4n) is 2.79. The van der Waals surface area contributed by atoms with Gasteiger partial charge in [0, 0.05) is 17.2 Å². The minimum Gasteiger partial charge on any atom is -0.487 e. The number of carbonyl (C=O) groups excluding carboxylic acids is 1. The number of hydrogen-bond donors (Lipinski definition) is 2. The summed E-state index contributed by atoms with van der Waals surface area (Å²) in [7, 11) is 0. The zero-order valence-corrected chi connectivity index (χ0v) is 21.3. The Hall–Kier alpha value is -3.66. The van der Waals surface area contributed by atoms with Crippen LogP contribution in [0.2, 0.25) is 0 Å². The van der Waals surface area contributed by atoms with E-state index in [-0.39, 0.29) is 49.1 Å². The molecule has 9 heteroatoms. The van der Waals surface area contributed by atoms with Crippen molar-refractivity contribution in [3.63, 3.8) is 0 Å². The van der Waals surface area contributed by atoms with Crippen LogP contribution in [0.3, 0.4) is 0 Å². The summed E-state index contributed by atoms with van der Waals surface area (Å²) in [5, 5.41) is 19.5. The summed E-state index contributed by atoms with van der Waals surface area (Å²) < 4.78 is 42.0. The highest BCUT2D eigenvalue weighted by Crippen LogP contribution is 2.36. The summed E-state index contributed by atoms with van der Waals surface area (Å²) in [6.07, 6.45) is -2.29. The SMILES string of the molecule is C=C(C)C(=O)OCCOc1cc(-c2ccc(OC(O)C(=C)C)cc2)c(F)cc1OCCOC(O)C(=C)C. The highest BCUT2D eigenvalue weighted by Gasteiger charge is 2.16. The van der Waals surface area contributed by atoms with Crippen molar-refractivity contribution < 1.29 is 43.1 Å². The molecule has 2 atom stereocenters. The average molecular weight is 517 g/mol. The molecular formula is C28H33FO8. The first-order valence-electron chi connectivity index (χ1n) is 11.5. The second-order valence-electron chi connectivity index (χ2n) is 8.30. The molecule has 2 rings (SSSR count). The van der Waals surface area contributed by atoms with Gasteiger partial charge in [-0.2, -0.15) is 0 Å². The minimum absolute atomic E-state index is 0.00120. The number of rotatable bonds is 15. The van der Waals surface area contributed by atoms with Crippen LogP contribution < -0.4 is 14.2 Å². The standard InChI is InChI=1S/C28H33FO8/c1-17(2)26(30)35-13-11-33-24-15-22(20-7-9-21(10-8-20)37-28(32)19(5)6)23(29)16-25(24)34-12-14-36-27(31)18(3)4/h7-10,15-16,27-28,31-32H,1,3,5,11-14H2,2,4,6H3. The van der Waals surface area contributed by atoms with Crippen LogP contribution in [0.5, 0.6) is 17.2 Å². The Morgan fingerprint density at radius 2 is 1.43 bits per heavy atom. The molecule has 0 bridgehead atoms. The van der Waals surface area contributed by atoms with Gasteiger partial charge in [-0.25, -0.2) is 9.18 Å². The fourth-order valence-corrected chi connectivity index (χ4v) is 2.79. The number of aliphatic hydroxyl groups is 2. The summed E-state index contributed by atoms with van der Waals surface area (Å²) >= 11 is 0. The van der Waals surface area contributed by atoms with Gasteiger partial charge in [0.15, 0.2) is 17.8 Å². The van der Waals surface area contributed by atoms with Crippen molar-refractivity contribution in [3.8, 4) is 28.4 Å². The van der Waals surface area contributed by atoms with Gasteiger partial charge >= 0.3 is 5.97 Å². The van der Waals surface area contributed by atoms with Crippen LogP contribution in [0, 0.1) is 5.82 Å². The van der Waals surface area contributed by atoms with Crippen LogP contribution in [0.1, 0.15) is 20.8 Å². The van der Waals surface area contributed by atoms with E-state index in [0.717, 1.165) is 0 Å². The average Bonchev–Trinajstić information content (AvgIpc) is 2.85. The number of ether oxygens (including phenoxy) is 5. The molecule has 0 amide bonds. The lowest BCUT2D eigenvalue weighted by atomic mass is 10.0. The lowest BCUT2D eigenvalue weighted by Gasteiger charge is -2.17.